The van der Waals surface area contributed by atoms with Gasteiger partial charge in [0.1, 0.15) is 0 Å². The lowest BCUT2D eigenvalue weighted by molar-refractivity contribution is 0.949. The summed E-state index contributed by atoms with van der Waals surface area (Å²) in [7, 11) is 0. The highest BCUT2D eigenvalue weighted by molar-refractivity contribution is 7.14. The van der Waals surface area contributed by atoms with E-state index in [0.29, 0.717) is 0 Å². The molecule has 27 heavy (non-hydrogen) atoms. The zero-order valence-electron chi connectivity index (χ0n) is 15.1. The van der Waals surface area contributed by atoms with Crippen LogP contribution < -0.4 is 10.2 Å². The SMILES string of the molecule is c1ccc2cc(Nc3nc(-c4ccc(N5CCCC5)cc4)cs3)ccc2c1. The lowest BCUT2D eigenvalue weighted by atomic mass is 10.1. The molecule has 0 atom stereocenters. The Balaban J connectivity index is 1.34. The molecular formula is C23H21N3S. The van der Waals surface area contributed by atoms with Crippen molar-refractivity contribution in [2.45, 2.75) is 12.8 Å². The van der Waals surface area contributed by atoms with Crippen LogP contribution in [0.3, 0.4) is 0 Å². The van der Waals surface area contributed by atoms with Crippen LogP contribution in [0.15, 0.2) is 72.1 Å². The van der Waals surface area contributed by atoms with Gasteiger partial charge in [0.2, 0.25) is 0 Å². The van der Waals surface area contributed by atoms with Crippen LogP contribution in [-0.4, -0.2) is 18.1 Å². The molecule has 0 saturated carbocycles. The topological polar surface area (TPSA) is 28.2 Å². The van der Waals surface area contributed by atoms with Crippen molar-refractivity contribution in [2.24, 2.45) is 0 Å². The molecule has 1 N–H and O–H groups in total. The van der Waals surface area contributed by atoms with Gasteiger partial charge in [0.25, 0.3) is 0 Å². The fraction of sp³-hybridized carbons (Fsp3) is 0.174. The molecule has 0 aliphatic carbocycles. The average molecular weight is 372 g/mol. The Kier molecular flexibility index (Phi) is 4.26. The molecule has 1 fully saturated rings. The van der Waals surface area contributed by atoms with Gasteiger partial charge in [-0.3, -0.25) is 0 Å². The second kappa shape index (κ2) is 7.05. The van der Waals surface area contributed by atoms with Crippen molar-refractivity contribution in [1.29, 1.82) is 0 Å². The summed E-state index contributed by atoms with van der Waals surface area (Å²) in [6.07, 6.45) is 2.61. The van der Waals surface area contributed by atoms with Gasteiger partial charge < -0.3 is 10.2 Å². The van der Waals surface area contributed by atoms with Crippen LogP contribution >= 0.6 is 11.3 Å². The van der Waals surface area contributed by atoms with E-state index < -0.39 is 0 Å². The third-order valence-electron chi connectivity index (χ3n) is 5.14. The number of aromatic nitrogens is 1. The number of benzene rings is 3. The van der Waals surface area contributed by atoms with E-state index in [4.69, 9.17) is 4.98 Å². The van der Waals surface area contributed by atoms with E-state index in [2.05, 4.69) is 82.3 Å². The first-order valence-corrected chi connectivity index (χ1v) is 10.3. The monoisotopic (exact) mass is 371 g/mol. The summed E-state index contributed by atoms with van der Waals surface area (Å²) >= 11 is 1.64. The predicted molar refractivity (Wildman–Crippen MR) is 116 cm³/mol. The lowest BCUT2D eigenvalue weighted by Crippen LogP contribution is -2.17. The predicted octanol–water partition coefficient (Wildman–Crippen LogP) is 6.31. The quantitative estimate of drug-likeness (QED) is 0.456. The van der Waals surface area contributed by atoms with Crippen LogP contribution in [0, 0.1) is 0 Å². The zero-order chi connectivity index (χ0) is 18.1. The molecule has 0 unspecified atom stereocenters. The van der Waals surface area contributed by atoms with Crippen molar-refractivity contribution in [3.8, 4) is 11.3 Å². The van der Waals surface area contributed by atoms with Gasteiger partial charge in [-0.25, -0.2) is 4.98 Å². The molecular weight excluding hydrogens is 350 g/mol. The third kappa shape index (κ3) is 3.40. The molecule has 134 valence electrons. The van der Waals surface area contributed by atoms with Crippen molar-refractivity contribution in [3.05, 3.63) is 72.1 Å². The number of rotatable bonds is 4. The van der Waals surface area contributed by atoms with Gasteiger partial charge in [-0.15, -0.1) is 11.3 Å². The highest BCUT2D eigenvalue weighted by Gasteiger charge is 2.12. The van der Waals surface area contributed by atoms with Crippen molar-refractivity contribution in [3.63, 3.8) is 0 Å². The number of fused-ring (bicyclic) bond motifs is 1. The van der Waals surface area contributed by atoms with Crippen LogP contribution in [0.25, 0.3) is 22.0 Å². The third-order valence-corrected chi connectivity index (χ3v) is 5.90. The van der Waals surface area contributed by atoms with Gasteiger partial charge in [0, 0.05) is 35.4 Å². The zero-order valence-corrected chi connectivity index (χ0v) is 15.9. The molecule has 4 aromatic rings. The van der Waals surface area contributed by atoms with Crippen molar-refractivity contribution >= 4 is 38.6 Å². The van der Waals surface area contributed by atoms with E-state index in [9.17, 15) is 0 Å². The van der Waals surface area contributed by atoms with Gasteiger partial charge >= 0.3 is 0 Å². The molecule has 5 rings (SSSR count). The Hall–Kier alpha value is -2.85. The summed E-state index contributed by atoms with van der Waals surface area (Å²) in [6, 6.07) is 23.6. The highest BCUT2D eigenvalue weighted by Crippen LogP contribution is 2.30. The largest absolute Gasteiger partial charge is 0.372 e. The summed E-state index contributed by atoms with van der Waals surface area (Å²) in [4.78, 5) is 7.23. The van der Waals surface area contributed by atoms with Crippen LogP contribution in [-0.2, 0) is 0 Å². The van der Waals surface area contributed by atoms with Gasteiger partial charge in [-0.1, -0.05) is 42.5 Å². The molecule has 4 heteroatoms. The van der Waals surface area contributed by atoms with Gasteiger partial charge in [-0.05, 0) is 47.9 Å². The number of nitrogens with zero attached hydrogens (tertiary/aromatic N) is 2. The van der Waals surface area contributed by atoms with Crippen LogP contribution in [0.4, 0.5) is 16.5 Å². The molecule has 1 aliphatic heterocycles. The van der Waals surface area contributed by atoms with E-state index in [1.807, 2.05) is 0 Å². The number of anilines is 3. The number of nitrogens with one attached hydrogen (secondary N) is 1. The maximum atomic E-state index is 4.78. The molecule has 1 aromatic heterocycles. The Morgan fingerprint density at radius 1 is 0.852 bits per heavy atom. The van der Waals surface area contributed by atoms with E-state index in [0.717, 1.165) is 16.5 Å². The molecule has 1 aliphatic rings. The van der Waals surface area contributed by atoms with Gasteiger partial charge in [-0.2, -0.15) is 0 Å². The summed E-state index contributed by atoms with van der Waals surface area (Å²) in [5.41, 5.74) is 4.58. The first kappa shape index (κ1) is 16.3. The first-order valence-electron chi connectivity index (χ1n) is 9.42. The standard InChI is InChI=1S/C23H21N3S/c1-2-6-19-15-20(10-7-17(19)5-1)24-23-25-22(16-27-23)18-8-11-21(12-9-18)26-13-3-4-14-26/h1-2,5-12,15-16H,3-4,13-14H2,(H,24,25). The minimum Gasteiger partial charge on any atom is -0.372 e. The Bertz CT molecular complexity index is 1060. The van der Waals surface area contributed by atoms with Crippen molar-refractivity contribution < 1.29 is 0 Å². The molecule has 3 nitrogen and oxygen atoms in total. The molecule has 0 bridgehead atoms. The molecule has 1 saturated heterocycles. The van der Waals surface area contributed by atoms with E-state index >= 15 is 0 Å². The fourth-order valence-corrected chi connectivity index (χ4v) is 4.41. The second-order valence-electron chi connectivity index (χ2n) is 6.97. The van der Waals surface area contributed by atoms with Crippen molar-refractivity contribution in [1.82, 2.24) is 4.98 Å². The summed E-state index contributed by atoms with van der Waals surface area (Å²) in [5, 5.41) is 8.97. The van der Waals surface area contributed by atoms with Crippen LogP contribution in [0.5, 0.6) is 0 Å². The van der Waals surface area contributed by atoms with Crippen molar-refractivity contribution in [2.75, 3.05) is 23.3 Å². The van der Waals surface area contributed by atoms with E-state index in [-0.39, 0.29) is 0 Å². The summed E-state index contributed by atoms with van der Waals surface area (Å²) in [6.45, 7) is 2.35. The Morgan fingerprint density at radius 2 is 1.63 bits per heavy atom. The minimum absolute atomic E-state index is 0.920. The minimum atomic E-state index is 0.920. The highest BCUT2D eigenvalue weighted by atomic mass is 32.1. The average Bonchev–Trinajstić information content (AvgIpc) is 3.40. The maximum absolute atomic E-state index is 4.78. The molecule has 3 aromatic carbocycles. The normalized spacial score (nSPS) is 14.0. The van der Waals surface area contributed by atoms with E-state index in [1.165, 1.54) is 48.0 Å². The van der Waals surface area contributed by atoms with Crippen LogP contribution in [0.2, 0.25) is 0 Å². The number of hydrogen-bond acceptors (Lipinski definition) is 4. The Morgan fingerprint density at radius 3 is 2.44 bits per heavy atom. The molecule has 0 spiro atoms. The second-order valence-corrected chi connectivity index (χ2v) is 7.82. The maximum Gasteiger partial charge on any atom is 0.187 e. The number of hydrogen-bond donors (Lipinski definition) is 1. The summed E-state index contributed by atoms with van der Waals surface area (Å²) in [5.74, 6) is 0. The summed E-state index contributed by atoms with van der Waals surface area (Å²) < 4.78 is 0. The lowest BCUT2D eigenvalue weighted by Gasteiger charge is -2.17. The van der Waals surface area contributed by atoms with Gasteiger partial charge in [0.05, 0.1) is 5.69 Å². The smallest absolute Gasteiger partial charge is 0.187 e. The molecule has 0 radical (unpaired) electrons. The van der Waals surface area contributed by atoms with E-state index in [1.54, 1.807) is 11.3 Å². The number of thiazole rings is 1. The fourth-order valence-electron chi connectivity index (χ4n) is 3.67. The first-order chi connectivity index (χ1) is 13.3. The molecule has 2 heterocycles. The van der Waals surface area contributed by atoms with Gasteiger partial charge in [0.15, 0.2) is 5.13 Å². The Labute approximate surface area is 163 Å². The van der Waals surface area contributed by atoms with Crippen LogP contribution in [0.1, 0.15) is 12.8 Å². The molecule has 0 amide bonds.